The van der Waals surface area contributed by atoms with Gasteiger partial charge in [0.1, 0.15) is 0 Å². The molecule has 7 heteroatoms. The second kappa shape index (κ2) is 5.05. The molecule has 0 aliphatic heterocycles. The summed E-state index contributed by atoms with van der Waals surface area (Å²) in [4.78, 5) is 15.9. The Morgan fingerprint density at radius 2 is 2.33 bits per heavy atom. The van der Waals surface area contributed by atoms with Gasteiger partial charge in [-0.1, -0.05) is 22.8 Å². The van der Waals surface area contributed by atoms with Crippen molar-refractivity contribution in [3.05, 3.63) is 40.5 Å². The van der Waals surface area contributed by atoms with Crippen LogP contribution in [0.25, 0.3) is 0 Å². The van der Waals surface area contributed by atoms with E-state index in [1.54, 1.807) is 25.1 Å². The molecular formula is C11H11ClN4O2. The van der Waals surface area contributed by atoms with Crippen molar-refractivity contribution in [1.29, 1.82) is 0 Å². The molecular weight excluding hydrogens is 256 g/mol. The van der Waals surface area contributed by atoms with Crippen molar-refractivity contribution < 1.29 is 9.32 Å². The molecule has 6 nitrogen and oxygen atoms in total. The number of halogens is 1. The van der Waals surface area contributed by atoms with E-state index in [1.165, 1.54) is 0 Å². The highest BCUT2D eigenvalue weighted by Crippen LogP contribution is 2.21. The third-order valence-corrected chi connectivity index (χ3v) is 2.56. The van der Waals surface area contributed by atoms with E-state index in [0.717, 1.165) is 0 Å². The van der Waals surface area contributed by atoms with Crippen molar-refractivity contribution in [3.63, 3.8) is 0 Å². The minimum atomic E-state index is -0.374. The fourth-order valence-electron chi connectivity index (χ4n) is 1.44. The fourth-order valence-corrected chi connectivity index (χ4v) is 1.71. The van der Waals surface area contributed by atoms with Gasteiger partial charge in [0.2, 0.25) is 5.89 Å². The Kier molecular flexibility index (Phi) is 3.47. The third-order valence-electron chi connectivity index (χ3n) is 2.25. The van der Waals surface area contributed by atoms with Gasteiger partial charge >= 0.3 is 0 Å². The predicted octanol–water partition coefficient (Wildman–Crippen LogP) is 1.54. The van der Waals surface area contributed by atoms with E-state index in [-0.39, 0.29) is 18.0 Å². The van der Waals surface area contributed by atoms with Gasteiger partial charge < -0.3 is 15.6 Å². The lowest BCUT2D eigenvalue weighted by molar-refractivity contribution is 0.0950. The van der Waals surface area contributed by atoms with Gasteiger partial charge in [-0.15, -0.1) is 0 Å². The highest BCUT2D eigenvalue weighted by Gasteiger charge is 2.14. The Hall–Kier alpha value is -2.08. The molecule has 1 amide bonds. The zero-order valence-corrected chi connectivity index (χ0v) is 10.4. The predicted molar refractivity (Wildman–Crippen MR) is 66.1 cm³/mol. The molecule has 2 rings (SSSR count). The lowest BCUT2D eigenvalue weighted by atomic mass is 10.1. The summed E-state index contributed by atoms with van der Waals surface area (Å²) >= 11 is 5.92. The van der Waals surface area contributed by atoms with Crippen LogP contribution in [0.2, 0.25) is 5.02 Å². The molecule has 0 unspecified atom stereocenters. The van der Waals surface area contributed by atoms with Crippen LogP contribution in [0, 0.1) is 6.92 Å². The van der Waals surface area contributed by atoms with Crippen molar-refractivity contribution in [1.82, 2.24) is 15.5 Å². The summed E-state index contributed by atoms with van der Waals surface area (Å²) in [5, 5.41) is 6.59. The zero-order valence-electron chi connectivity index (χ0n) is 9.61. The highest BCUT2D eigenvalue weighted by atomic mass is 35.5. The van der Waals surface area contributed by atoms with Crippen LogP contribution in [0.5, 0.6) is 0 Å². The zero-order chi connectivity index (χ0) is 13.1. The van der Waals surface area contributed by atoms with Crippen LogP contribution >= 0.6 is 11.6 Å². The Morgan fingerprint density at radius 3 is 2.94 bits per heavy atom. The molecule has 0 bridgehead atoms. The number of anilines is 1. The average Bonchev–Trinajstić information content (AvgIpc) is 2.72. The molecule has 0 saturated heterocycles. The molecule has 94 valence electrons. The monoisotopic (exact) mass is 266 g/mol. The number of aryl methyl sites for hydroxylation is 1. The smallest absolute Gasteiger partial charge is 0.255 e. The van der Waals surface area contributed by atoms with Crippen molar-refractivity contribution in [3.8, 4) is 0 Å². The molecule has 2 aromatic rings. The first-order valence-corrected chi connectivity index (χ1v) is 5.57. The third kappa shape index (κ3) is 2.60. The number of aromatic nitrogens is 2. The largest absolute Gasteiger partial charge is 0.398 e. The molecule has 0 saturated carbocycles. The molecule has 1 aromatic carbocycles. The molecule has 1 aromatic heterocycles. The minimum absolute atomic E-state index is 0.154. The quantitative estimate of drug-likeness (QED) is 0.822. The molecule has 0 aliphatic rings. The molecule has 0 aliphatic carbocycles. The number of amides is 1. The number of nitrogens with zero attached hydrogens (tertiary/aromatic N) is 2. The summed E-state index contributed by atoms with van der Waals surface area (Å²) in [6.45, 7) is 1.82. The van der Waals surface area contributed by atoms with Crippen molar-refractivity contribution >= 4 is 23.2 Å². The molecule has 1 heterocycles. The lowest BCUT2D eigenvalue weighted by Crippen LogP contribution is -2.24. The summed E-state index contributed by atoms with van der Waals surface area (Å²) in [5.41, 5.74) is 6.27. The number of rotatable bonds is 3. The summed E-state index contributed by atoms with van der Waals surface area (Å²) < 4.78 is 4.79. The maximum absolute atomic E-state index is 11.9. The topological polar surface area (TPSA) is 94.0 Å². The summed E-state index contributed by atoms with van der Waals surface area (Å²) in [7, 11) is 0. The SMILES string of the molecule is Cc1nc(CNC(=O)c2c(N)cccc2Cl)no1. The van der Waals surface area contributed by atoms with Crippen LogP contribution in [0.15, 0.2) is 22.7 Å². The van der Waals surface area contributed by atoms with Gasteiger partial charge in [0.05, 0.1) is 17.1 Å². The van der Waals surface area contributed by atoms with E-state index in [1.807, 2.05) is 0 Å². The van der Waals surface area contributed by atoms with Crippen LogP contribution in [0.1, 0.15) is 22.1 Å². The summed E-state index contributed by atoms with van der Waals surface area (Å²) in [6.07, 6.45) is 0. The van der Waals surface area contributed by atoms with Crippen LogP contribution < -0.4 is 11.1 Å². The van der Waals surface area contributed by atoms with E-state index in [4.69, 9.17) is 21.9 Å². The normalized spacial score (nSPS) is 10.3. The molecule has 0 fully saturated rings. The standard InChI is InChI=1S/C11H11ClN4O2/c1-6-15-9(16-18-6)5-14-11(17)10-7(12)3-2-4-8(10)13/h2-4H,5,13H2,1H3,(H,14,17). The fraction of sp³-hybridized carbons (Fsp3) is 0.182. The number of carbonyl (C=O) groups is 1. The Morgan fingerprint density at radius 1 is 1.56 bits per heavy atom. The number of hydrogen-bond acceptors (Lipinski definition) is 5. The molecule has 0 spiro atoms. The average molecular weight is 267 g/mol. The van der Waals surface area contributed by atoms with Gasteiger partial charge in [-0.3, -0.25) is 4.79 Å². The van der Waals surface area contributed by atoms with Gasteiger partial charge in [-0.2, -0.15) is 4.98 Å². The van der Waals surface area contributed by atoms with Gasteiger partial charge in [0.25, 0.3) is 5.91 Å². The van der Waals surface area contributed by atoms with E-state index in [9.17, 15) is 4.79 Å². The number of hydrogen-bond donors (Lipinski definition) is 2. The van der Waals surface area contributed by atoms with Gasteiger partial charge in [-0.25, -0.2) is 0 Å². The minimum Gasteiger partial charge on any atom is -0.398 e. The van der Waals surface area contributed by atoms with Crippen LogP contribution in [-0.2, 0) is 6.54 Å². The van der Waals surface area contributed by atoms with Gasteiger partial charge in [0, 0.05) is 12.6 Å². The van der Waals surface area contributed by atoms with Crippen molar-refractivity contribution in [2.45, 2.75) is 13.5 Å². The maximum atomic E-state index is 11.9. The number of nitrogens with one attached hydrogen (secondary N) is 1. The van der Waals surface area contributed by atoms with E-state index in [0.29, 0.717) is 22.4 Å². The molecule has 0 atom stereocenters. The summed E-state index contributed by atoms with van der Waals surface area (Å²) in [5.74, 6) is 0.462. The first kappa shape index (κ1) is 12.4. The number of nitrogen functional groups attached to an aromatic ring is 1. The maximum Gasteiger partial charge on any atom is 0.255 e. The van der Waals surface area contributed by atoms with E-state index >= 15 is 0 Å². The first-order chi connectivity index (χ1) is 8.58. The van der Waals surface area contributed by atoms with Gasteiger partial charge in [-0.05, 0) is 12.1 Å². The second-order valence-corrected chi connectivity index (χ2v) is 4.02. The first-order valence-electron chi connectivity index (χ1n) is 5.19. The molecule has 18 heavy (non-hydrogen) atoms. The number of carbonyl (C=O) groups excluding carboxylic acids is 1. The van der Waals surface area contributed by atoms with Crippen molar-refractivity contribution in [2.24, 2.45) is 0 Å². The summed E-state index contributed by atoms with van der Waals surface area (Å²) in [6, 6.07) is 4.89. The van der Waals surface area contributed by atoms with E-state index in [2.05, 4.69) is 15.5 Å². The lowest BCUT2D eigenvalue weighted by Gasteiger charge is -2.07. The Bertz CT molecular complexity index is 562. The second-order valence-electron chi connectivity index (χ2n) is 3.62. The highest BCUT2D eigenvalue weighted by molar-refractivity contribution is 6.34. The number of benzene rings is 1. The molecule has 0 radical (unpaired) electrons. The van der Waals surface area contributed by atoms with Crippen LogP contribution in [0.4, 0.5) is 5.69 Å². The molecule has 3 N–H and O–H groups in total. The van der Waals surface area contributed by atoms with Crippen LogP contribution in [0.3, 0.4) is 0 Å². The Balaban J connectivity index is 2.08. The number of nitrogens with two attached hydrogens (primary N) is 1. The van der Waals surface area contributed by atoms with Crippen molar-refractivity contribution in [2.75, 3.05) is 5.73 Å². The van der Waals surface area contributed by atoms with Gasteiger partial charge in [0.15, 0.2) is 5.82 Å². The van der Waals surface area contributed by atoms with Crippen LogP contribution in [-0.4, -0.2) is 16.0 Å². The Labute approximate surface area is 108 Å². The van der Waals surface area contributed by atoms with E-state index < -0.39 is 0 Å².